The zero-order valence-electron chi connectivity index (χ0n) is 25.4. The highest BCUT2D eigenvalue weighted by Gasteiger charge is 2.70. The molecule has 1 N–H and O–H groups in total. The van der Waals surface area contributed by atoms with Crippen molar-refractivity contribution >= 4 is 6.09 Å². The summed E-state index contributed by atoms with van der Waals surface area (Å²) >= 11 is 0. The van der Waals surface area contributed by atoms with Crippen LogP contribution in [0.15, 0.2) is 24.3 Å². The first-order chi connectivity index (χ1) is 17.0. The van der Waals surface area contributed by atoms with Crippen molar-refractivity contribution in [1.82, 2.24) is 5.32 Å². The van der Waals surface area contributed by atoms with Crippen LogP contribution in [-0.4, -0.2) is 17.2 Å². The summed E-state index contributed by atoms with van der Waals surface area (Å²) in [6.07, 6.45) is 15.8. The molecule has 37 heavy (non-hydrogen) atoms. The maximum atomic E-state index is 13.2. The SMILES string of the molecule is C=C(C)[C@@H]1CCC2(NC(=O)OC(C)(C)C)CC[C@]3(C)C(CCC4C5(C)CC=CC(C)(C)C5CCC43C)C12. The van der Waals surface area contributed by atoms with Gasteiger partial charge in [-0.25, -0.2) is 4.79 Å². The first-order valence-corrected chi connectivity index (χ1v) is 15.3. The molecule has 5 rings (SSSR count). The Morgan fingerprint density at radius 1 is 0.919 bits per heavy atom. The first kappa shape index (κ1) is 27.3. The van der Waals surface area contributed by atoms with Gasteiger partial charge in [-0.15, -0.1) is 0 Å². The summed E-state index contributed by atoms with van der Waals surface area (Å²) in [4.78, 5) is 13.2. The molecule has 208 valence electrons. The molecule has 4 saturated carbocycles. The fourth-order valence-electron chi connectivity index (χ4n) is 11.5. The highest BCUT2D eigenvalue weighted by molar-refractivity contribution is 5.69. The molecule has 0 radical (unpaired) electrons. The molecule has 0 aliphatic heterocycles. The van der Waals surface area contributed by atoms with Gasteiger partial charge in [-0.05, 0) is 137 Å². The van der Waals surface area contributed by atoms with Crippen molar-refractivity contribution in [2.45, 2.75) is 131 Å². The van der Waals surface area contributed by atoms with Gasteiger partial charge in [-0.2, -0.15) is 0 Å². The molecule has 0 aromatic rings. The monoisotopic (exact) mass is 509 g/mol. The third kappa shape index (κ3) is 3.90. The van der Waals surface area contributed by atoms with Gasteiger partial charge in [-0.3, -0.25) is 0 Å². The van der Waals surface area contributed by atoms with Gasteiger partial charge in [0, 0.05) is 5.54 Å². The molecule has 4 fully saturated rings. The number of nitrogens with one attached hydrogen (secondary N) is 1. The fraction of sp³-hybridized carbons (Fsp3) is 0.853. The molecule has 3 heteroatoms. The lowest BCUT2D eigenvalue weighted by molar-refractivity contribution is -0.219. The molecule has 7 unspecified atom stereocenters. The molecule has 0 spiro atoms. The van der Waals surface area contributed by atoms with Gasteiger partial charge in [-0.1, -0.05) is 58.9 Å². The highest BCUT2D eigenvalue weighted by atomic mass is 16.6. The van der Waals surface area contributed by atoms with Gasteiger partial charge < -0.3 is 10.1 Å². The van der Waals surface area contributed by atoms with Crippen molar-refractivity contribution in [3.63, 3.8) is 0 Å². The second-order valence-corrected chi connectivity index (χ2v) is 16.4. The Bertz CT molecular complexity index is 988. The minimum Gasteiger partial charge on any atom is -0.444 e. The van der Waals surface area contributed by atoms with Crippen molar-refractivity contribution in [3.8, 4) is 0 Å². The van der Waals surface area contributed by atoms with E-state index in [1.165, 1.54) is 44.1 Å². The lowest BCUT2D eigenvalue weighted by Crippen LogP contribution is -2.68. The maximum Gasteiger partial charge on any atom is 0.408 e. The van der Waals surface area contributed by atoms with Crippen LogP contribution >= 0.6 is 0 Å². The number of fused-ring (bicyclic) bond motifs is 7. The Kier molecular flexibility index (Phi) is 6.18. The largest absolute Gasteiger partial charge is 0.444 e. The topological polar surface area (TPSA) is 38.3 Å². The Balaban J connectivity index is 1.51. The van der Waals surface area contributed by atoms with E-state index in [2.05, 4.69) is 65.6 Å². The molecule has 0 heterocycles. The van der Waals surface area contributed by atoms with E-state index in [1.807, 2.05) is 20.8 Å². The summed E-state index contributed by atoms with van der Waals surface area (Å²) in [5, 5.41) is 3.52. The number of carbonyl (C=O) groups excluding carboxylic acids is 1. The van der Waals surface area contributed by atoms with Crippen LogP contribution in [0, 0.1) is 51.2 Å². The molecule has 9 atom stereocenters. The van der Waals surface area contributed by atoms with Crippen LogP contribution in [0.25, 0.3) is 0 Å². The third-order valence-corrected chi connectivity index (χ3v) is 13.1. The highest BCUT2D eigenvalue weighted by Crippen LogP contribution is 2.76. The van der Waals surface area contributed by atoms with Crippen molar-refractivity contribution in [3.05, 3.63) is 24.3 Å². The number of ether oxygens (including phenoxy) is 1. The number of hydrogen-bond donors (Lipinski definition) is 1. The van der Waals surface area contributed by atoms with Crippen molar-refractivity contribution < 1.29 is 9.53 Å². The number of amides is 1. The number of carbonyl (C=O) groups is 1. The summed E-state index contributed by atoms with van der Waals surface area (Å²) in [7, 11) is 0. The molecule has 0 bridgehead atoms. The minimum atomic E-state index is -0.479. The van der Waals surface area contributed by atoms with E-state index < -0.39 is 5.60 Å². The molecule has 0 saturated heterocycles. The first-order valence-electron chi connectivity index (χ1n) is 15.3. The smallest absolute Gasteiger partial charge is 0.408 e. The summed E-state index contributed by atoms with van der Waals surface area (Å²) in [6, 6.07) is 0. The molecule has 5 aliphatic rings. The average Bonchev–Trinajstić information content (AvgIpc) is 3.11. The second kappa shape index (κ2) is 8.37. The summed E-state index contributed by atoms with van der Waals surface area (Å²) in [5.74, 6) is 3.11. The molecule has 0 aromatic heterocycles. The number of hydrogen-bond acceptors (Lipinski definition) is 2. The molecule has 3 nitrogen and oxygen atoms in total. The van der Waals surface area contributed by atoms with E-state index in [9.17, 15) is 4.79 Å². The molecule has 5 aliphatic carbocycles. The lowest BCUT2D eigenvalue weighted by Gasteiger charge is -2.72. The van der Waals surface area contributed by atoms with Crippen LogP contribution in [0.1, 0.15) is 120 Å². The second-order valence-electron chi connectivity index (χ2n) is 16.4. The third-order valence-electron chi connectivity index (χ3n) is 13.1. The quantitative estimate of drug-likeness (QED) is 0.377. The van der Waals surface area contributed by atoms with E-state index in [4.69, 9.17) is 4.74 Å². The molecular formula is C34H55NO2. The van der Waals surface area contributed by atoms with Gasteiger partial charge in [0.15, 0.2) is 0 Å². The molecule has 1 amide bonds. The Morgan fingerprint density at radius 2 is 1.62 bits per heavy atom. The molecule has 0 aromatic carbocycles. The van der Waals surface area contributed by atoms with E-state index >= 15 is 0 Å². The van der Waals surface area contributed by atoms with Crippen LogP contribution in [0.4, 0.5) is 4.79 Å². The standard InChI is InChI=1S/C34H55NO2/c1-22(2)23-14-19-34(35-28(36)37-29(3,4)5)21-20-32(9)24(27(23)34)12-13-26-31(8)17-11-16-30(6,7)25(31)15-18-33(26,32)10/h11,16,23-27H,1,12-15,17-21H2,2-10H3,(H,35,36)/t23-,24?,25?,26?,27?,31?,32+,33?,34?/m0/s1. The van der Waals surface area contributed by atoms with E-state index in [-0.39, 0.29) is 17.0 Å². The summed E-state index contributed by atoms with van der Waals surface area (Å²) < 4.78 is 5.82. The zero-order valence-corrected chi connectivity index (χ0v) is 25.4. The van der Waals surface area contributed by atoms with Gasteiger partial charge >= 0.3 is 6.09 Å². The van der Waals surface area contributed by atoms with E-state index in [1.54, 1.807) is 0 Å². The Hall–Kier alpha value is -1.25. The van der Waals surface area contributed by atoms with Crippen molar-refractivity contribution in [2.75, 3.05) is 0 Å². The predicted octanol–water partition coefficient (Wildman–Crippen LogP) is 9.09. The Labute approximate surface area is 227 Å². The van der Waals surface area contributed by atoms with Gasteiger partial charge in [0.1, 0.15) is 5.60 Å². The minimum absolute atomic E-state index is 0.157. The summed E-state index contributed by atoms with van der Waals surface area (Å²) in [5.41, 5.74) is 1.97. The van der Waals surface area contributed by atoms with Crippen molar-refractivity contribution in [2.24, 2.45) is 51.2 Å². The van der Waals surface area contributed by atoms with Crippen LogP contribution in [0.2, 0.25) is 0 Å². The lowest BCUT2D eigenvalue weighted by atomic mass is 9.33. The summed E-state index contributed by atoms with van der Waals surface area (Å²) in [6.45, 7) is 25.6. The van der Waals surface area contributed by atoms with Crippen LogP contribution in [0.3, 0.4) is 0 Å². The number of alkyl carbamates (subject to hydrolysis) is 1. The van der Waals surface area contributed by atoms with E-state index in [0.29, 0.717) is 34.0 Å². The number of allylic oxidation sites excluding steroid dienone is 3. The van der Waals surface area contributed by atoms with E-state index in [0.717, 1.165) is 31.1 Å². The Morgan fingerprint density at radius 3 is 2.27 bits per heavy atom. The fourth-order valence-corrected chi connectivity index (χ4v) is 11.5. The average molecular weight is 510 g/mol. The van der Waals surface area contributed by atoms with Gasteiger partial charge in [0.05, 0.1) is 0 Å². The predicted molar refractivity (Wildman–Crippen MR) is 153 cm³/mol. The molecular weight excluding hydrogens is 454 g/mol. The van der Waals surface area contributed by atoms with Gasteiger partial charge in [0.2, 0.25) is 0 Å². The van der Waals surface area contributed by atoms with Crippen molar-refractivity contribution in [1.29, 1.82) is 0 Å². The maximum absolute atomic E-state index is 13.2. The van der Waals surface area contributed by atoms with Gasteiger partial charge in [0.25, 0.3) is 0 Å². The normalized spacial score (nSPS) is 48.2. The van der Waals surface area contributed by atoms with Crippen LogP contribution < -0.4 is 5.32 Å². The number of rotatable bonds is 2. The zero-order chi connectivity index (χ0) is 27.2. The van der Waals surface area contributed by atoms with Crippen LogP contribution in [0.5, 0.6) is 0 Å². The van der Waals surface area contributed by atoms with Crippen LogP contribution in [-0.2, 0) is 4.74 Å².